The first-order valence-electron chi connectivity index (χ1n) is 1.49. The number of nitrogens with zero attached hydrogens (tertiary/aromatic N) is 1. The van der Waals surface area contributed by atoms with Gasteiger partial charge in [0.15, 0.2) is 0 Å². The quantitative estimate of drug-likeness (QED) is 0.338. The molecule has 0 aromatic carbocycles. The summed E-state index contributed by atoms with van der Waals surface area (Å²) in [7, 11) is 1.28. The standard InChI is InChI=1S/C2H4NPS/c1-2-5-3-4-1/h1-2H2. The van der Waals surface area contributed by atoms with Gasteiger partial charge in [-0.15, -0.1) is 0 Å². The Hall–Kier alpha value is 0.450. The van der Waals surface area contributed by atoms with E-state index in [1.165, 1.54) is 20.3 Å². The largest absolute Gasteiger partial charge is 0.200 e. The molecule has 0 aromatic heterocycles. The Morgan fingerprint density at radius 3 is 3.00 bits per heavy atom. The van der Waals surface area contributed by atoms with Crippen LogP contribution in [-0.4, -0.2) is 11.9 Å². The lowest BCUT2D eigenvalue weighted by Gasteiger charge is -1.65. The molecular weight excluding hydrogens is 101 g/mol. The maximum Gasteiger partial charge on any atom is 0.0247 e. The third-order valence-electron chi connectivity index (χ3n) is 0.398. The molecule has 1 aliphatic heterocycles. The fraction of sp³-hybridized carbons (Fsp3) is 1.00. The van der Waals surface area contributed by atoms with Crippen LogP contribution in [0.25, 0.3) is 0 Å². The first-order chi connectivity index (χ1) is 2.50. The van der Waals surface area contributed by atoms with Crippen LogP contribution in [-0.2, 0) is 0 Å². The Bertz CT molecular complexity index is 47.6. The van der Waals surface area contributed by atoms with Gasteiger partial charge in [0.1, 0.15) is 0 Å². The van der Waals surface area contributed by atoms with Crippen LogP contribution in [0.2, 0.25) is 0 Å². The molecule has 0 N–H and O–H groups in total. The zero-order valence-electron chi connectivity index (χ0n) is 2.72. The van der Waals surface area contributed by atoms with Crippen molar-refractivity contribution in [2.75, 3.05) is 11.9 Å². The van der Waals surface area contributed by atoms with Crippen molar-refractivity contribution in [2.24, 2.45) is 4.15 Å². The molecule has 0 aromatic rings. The highest BCUT2D eigenvalue weighted by atomic mass is 32.2. The van der Waals surface area contributed by atoms with Gasteiger partial charge in [0.25, 0.3) is 0 Å². The van der Waals surface area contributed by atoms with E-state index < -0.39 is 0 Å². The predicted molar refractivity (Wildman–Crippen MR) is 26.7 cm³/mol. The molecule has 0 unspecified atom stereocenters. The molecule has 0 saturated heterocycles. The molecular formula is C2H4NPS. The third kappa shape index (κ3) is 0.899. The summed E-state index contributed by atoms with van der Waals surface area (Å²) in [5.41, 5.74) is 0. The SMILES string of the molecule is C1CSN=P1. The van der Waals surface area contributed by atoms with Crippen molar-refractivity contribution < 1.29 is 0 Å². The Morgan fingerprint density at radius 1 is 1.80 bits per heavy atom. The van der Waals surface area contributed by atoms with Crippen molar-refractivity contribution in [1.29, 1.82) is 0 Å². The number of rotatable bonds is 0. The van der Waals surface area contributed by atoms with Gasteiger partial charge in [-0.25, -0.2) is 4.15 Å². The van der Waals surface area contributed by atoms with Crippen LogP contribution in [0, 0.1) is 0 Å². The van der Waals surface area contributed by atoms with Gasteiger partial charge in [0.2, 0.25) is 0 Å². The van der Waals surface area contributed by atoms with Crippen molar-refractivity contribution >= 4 is 20.3 Å². The lowest BCUT2D eigenvalue weighted by atomic mass is 11.0. The third-order valence-corrected chi connectivity index (χ3v) is 2.43. The highest BCUT2D eigenvalue weighted by molar-refractivity contribution is 8.00. The smallest absolute Gasteiger partial charge is 0.0247 e. The zero-order chi connectivity index (χ0) is 3.54. The first-order valence-corrected chi connectivity index (χ1v) is 3.46. The summed E-state index contributed by atoms with van der Waals surface area (Å²) in [6.07, 6.45) is 1.27. The zero-order valence-corrected chi connectivity index (χ0v) is 4.43. The maximum atomic E-state index is 3.97. The number of hydrogen-bond acceptors (Lipinski definition) is 2. The highest BCUT2D eigenvalue weighted by Crippen LogP contribution is 2.20. The van der Waals surface area contributed by atoms with Crippen LogP contribution in [0.3, 0.4) is 0 Å². The molecule has 1 nitrogen and oxygen atoms in total. The van der Waals surface area contributed by atoms with E-state index in [1.54, 1.807) is 11.9 Å². The molecule has 1 rings (SSSR count). The fourth-order valence-electron chi connectivity index (χ4n) is 0.204. The Labute approximate surface area is 37.2 Å². The van der Waals surface area contributed by atoms with Crippen molar-refractivity contribution in [3.8, 4) is 0 Å². The maximum absolute atomic E-state index is 3.97. The van der Waals surface area contributed by atoms with E-state index in [0.717, 1.165) is 0 Å². The first kappa shape index (κ1) is 3.63. The van der Waals surface area contributed by atoms with E-state index in [4.69, 9.17) is 0 Å². The van der Waals surface area contributed by atoms with E-state index in [1.807, 2.05) is 0 Å². The minimum atomic E-state index is 1.24. The molecule has 3 heteroatoms. The summed E-state index contributed by atoms with van der Waals surface area (Å²) in [5, 5.41) is 0. The van der Waals surface area contributed by atoms with Crippen LogP contribution in [0.1, 0.15) is 0 Å². The molecule has 0 bridgehead atoms. The Balaban J connectivity index is 2.32. The minimum Gasteiger partial charge on any atom is -0.200 e. The lowest BCUT2D eigenvalue weighted by Crippen LogP contribution is -1.63. The average molecular weight is 105 g/mol. The molecule has 0 atom stereocenters. The van der Waals surface area contributed by atoms with E-state index >= 15 is 0 Å². The van der Waals surface area contributed by atoms with Gasteiger partial charge < -0.3 is 0 Å². The number of hydrogen-bond donors (Lipinski definition) is 0. The van der Waals surface area contributed by atoms with Crippen molar-refractivity contribution in [3.05, 3.63) is 0 Å². The van der Waals surface area contributed by atoms with Crippen LogP contribution in [0.5, 0.6) is 0 Å². The molecule has 0 radical (unpaired) electrons. The van der Waals surface area contributed by atoms with Gasteiger partial charge in [-0.05, 0) is 11.9 Å². The van der Waals surface area contributed by atoms with Crippen molar-refractivity contribution in [2.45, 2.75) is 0 Å². The van der Waals surface area contributed by atoms with Gasteiger partial charge in [-0.3, -0.25) is 0 Å². The summed E-state index contributed by atoms with van der Waals surface area (Å²) in [4.78, 5) is 0. The second kappa shape index (κ2) is 1.78. The molecule has 28 valence electrons. The highest BCUT2D eigenvalue weighted by Gasteiger charge is 1.88. The Kier molecular flexibility index (Phi) is 1.30. The molecule has 0 spiro atoms. The predicted octanol–water partition coefficient (Wildman–Crippen LogP) is 1.78. The summed E-state index contributed by atoms with van der Waals surface area (Å²) in [6.45, 7) is 0. The van der Waals surface area contributed by atoms with Gasteiger partial charge in [-0.1, -0.05) is 0 Å². The van der Waals surface area contributed by atoms with Gasteiger partial charge in [0, 0.05) is 20.3 Å². The minimum absolute atomic E-state index is 1.24. The normalized spacial score (nSPS) is 24.0. The molecule has 5 heavy (non-hydrogen) atoms. The van der Waals surface area contributed by atoms with Crippen LogP contribution in [0.4, 0.5) is 0 Å². The second-order valence-electron chi connectivity index (χ2n) is 0.780. The second-order valence-corrected chi connectivity index (χ2v) is 2.83. The topological polar surface area (TPSA) is 12.4 Å². The summed E-state index contributed by atoms with van der Waals surface area (Å²) in [5.74, 6) is 1.24. The van der Waals surface area contributed by atoms with Gasteiger partial charge in [-0.2, -0.15) is 0 Å². The summed E-state index contributed by atoms with van der Waals surface area (Å²) >= 11 is 1.69. The van der Waals surface area contributed by atoms with Crippen molar-refractivity contribution in [1.82, 2.24) is 0 Å². The lowest BCUT2D eigenvalue weighted by molar-refractivity contribution is 1.58. The van der Waals surface area contributed by atoms with Crippen LogP contribution >= 0.6 is 20.3 Å². The van der Waals surface area contributed by atoms with E-state index in [9.17, 15) is 0 Å². The fourth-order valence-corrected chi connectivity index (χ4v) is 1.84. The average Bonchev–Trinajstić information content (AvgIpc) is 1.76. The van der Waals surface area contributed by atoms with Crippen LogP contribution in [0.15, 0.2) is 4.15 Å². The van der Waals surface area contributed by atoms with Gasteiger partial charge in [0.05, 0.1) is 0 Å². The van der Waals surface area contributed by atoms with Crippen molar-refractivity contribution in [3.63, 3.8) is 0 Å². The van der Waals surface area contributed by atoms with E-state index in [2.05, 4.69) is 4.15 Å². The van der Waals surface area contributed by atoms with E-state index in [-0.39, 0.29) is 0 Å². The molecule has 1 aliphatic rings. The summed E-state index contributed by atoms with van der Waals surface area (Å²) in [6, 6.07) is 0. The monoisotopic (exact) mass is 105 g/mol. The van der Waals surface area contributed by atoms with E-state index in [0.29, 0.717) is 0 Å². The molecule has 1 heterocycles. The van der Waals surface area contributed by atoms with Crippen LogP contribution < -0.4 is 0 Å². The van der Waals surface area contributed by atoms with Gasteiger partial charge >= 0.3 is 0 Å². The molecule has 0 saturated carbocycles. The summed E-state index contributed by atoms with van der Waals surface area (Å²) < 4.78 is 3.97. The Morgan fingerprint density at radius 2 is 2.80 bits per heavy atom. The molecule has 0 fully saturated rings. The molecule has 0 amide bonds. The molecule has 0 aliphatic carbocycles.